The number of carbonyl (C=O) groups excluding carboxylic acids is 1. The van der Waals surface area contributed by atoms with Crippen molar-refractivity contribution in [2.75, 3.05) is 20.2 Å². The Kier molecular flexibility index (Phi) is 5.21. The van der Waals surface area contributed by atoms with Crippen LogP contribution in [0.2, 0.25) is 0 Å². The standard InChI is InChI=1S/C22H24N2O2/c1-5-24(6-2)22(25)19-14-21(16-8-7-9-17(13-16)26-4)23-20-11-10-15(3)12-18(19)20/h7-14H,5-6H2,1-4H3. The second kappa shape index (κ2) is 7.56. The molecule has 1 aromatic heterocycles. The number of nitrogens with zero attached hydrogens (tertiary/aromatic N) is 2. The highest BCUT2D eigenvalue weighted by Gasteiger charge is 2.18. The number of fused-ring (bicyclic) bond motifs is 1. The van der Waals surface area contributed by atoms with E-state index in [0.717, 1.165) is 33.5 Å². The van der Waals surface area contributed by atoms with Gasteiger partial charge in [0.25, 0.3) is 5.91 Å². The van der Waals surface area contributed by atoms with Gasteiger partial charge in [-0.3, -0.25) is 4.79 Å². The van der Waals surface area contributed by atoms with Gasteiger partial charge in [-0.05, 0) is 51.1 Å². The number of ether oxygens (including phenoxy) is 1. The number of carbonyl (C=O) groups is 1. The molecule has 2 aromatic carbocycles. The maximum absolute atomic E-state index is 13.1. The molecule has 0 unspecified atom stereocenters. The van der Waals surface area contributed by atoms with Crippen LogP contribution in [0.15, 0.2) is 48.5 Å². The first-order chi connectivity index (χ1) is 12.6. The molecular weight excluding hydrogens is 324 g/mol. The molecule has 0 fully saturated rings. The Morgan fingerprint density at radius 3 is 2.54 bits per heavy atom. The maximum atomic E-state index is 13.1. The van der Waals surface area contributed by atoms with Gasteiger partial charge in [-0.25, -0.2) is 4.98 Å². The van der Waals surface area contributed by atoms with Crippen molar-refractivity contribution >= 4 is 16.8 Å². The molecule has 0 radical (unpaired) electrons. The summed E-state index contributed by atoms with van der Waals surface area (Å²) in [6.45, 7) is 7.39. The molecule has 4 nitrogen and oxygen atoms in total. The van der Waals surface area contributed by atoms with Crippen LogP contribution in [-0.4, -0.2) is 36.0 Å². The van der Waals surface area contributed by atoms with E-state index in [1.165, 1.54) is 0 Å². The summed E-state index contributed by atoms with van der Waals surface area (Å²) in [5.41, 5.74) is 4.34. The largest absolute Gasteiger partial charge is 0.497 e. The topological polar surface area (TPSA) is 42.4 Å². The summed E-state index contributed by atoms with van der Waals surface area (Å²) in [5.74, 6) is 0.807. The fourth-order valence-corrected chi connectivity index (χ4v) is 3.13. The third kappa shape index (κ3) is 3.40. The molecular formula is C22H24N2O2. The van der Waals surface area contributed by atoms with E-state index in [-0.39, 0.29) is 5.91 Å². The van der Waals surface area contributed by atoms with Gasteiger partial charge in [0, 0.05) is 24.0 Å². The predicted octanol–water partition coefficient (Wildman–Crippen LogP) is 4.70. The van der Waals surface area contributed by atoms with Crippen LogP contribution >= 0.6 is 0 Å². The average molecular weight is 348 g/mol. The van der Waals surface area contributed by atoms with E-state index in [2.05, 4.69) is 0 Å². The van der Waals surface area contributed by atoms with E-state index in [9.17, 15) is 4.79 Å². The molecule has 4 heteroatoms. The van der Waals surface area contributed by atoms with E-state index in [4.69, 9.17) is 9.72 Å². The second-order valence-electron chi connectivity index (χ2n) is 6.29. The Morgan fingerprint density at radius 1 is 1.08 bits per heavy atom. The molecule has 0 saturated heterocycles. The summed E-state index contributed by atoms with van der Waals surface area (Å²) in [6.07, 6.45) is 0. The highest BCUT2D eigenvalue weighted by atomic mass is 16.5. The SMILES string of the molecule is CCN(CC)C(=O)c1cc(-c2cccc(OC)c2)nc2ccc(C)cc12. The van der Waals surface area contributed by atoms with Crippen LogP contribution in [0.1, 0.15) is 29.8 Å². The predicted molar refractivity (Wildman–Crippen MR) is 106 cm³/mol. The Bertz CT molecular complexity index is 946. The zero-order valence-corrected chi connectivity index (χ0v) is 15.7. The number of amides is 1. The molecule has 1 amide bonds. The first-order valence-electron chi connectivity index (χ1n) is 8.92. The molecule has 0 spiro atoms. The lowest BCUT2D eigenvalue weighted by atomic mass is 10.0. The lowest BCUT2D eigenvalue weighted by molar-refractivity contribution is 0.0775. The lowest BCUT2D eigenvalue weighted by Crippen LogP contribution is -2.30. The number of methoxy groups -OCH3 is 1. The highest BCUT2D eigenvalue weighted by molar-refractivity contribution is 6.07. The molecule has 0 saturated carbocycles. The average Bonchev–Trinajstić information content (AvgIpc) is 2.68. The number of benzene rings is 2. The van der Waals surface area contributed by atoms with E-state index in [0.29, 0.717) is 18.7 Å². The molecule has 0 aliphatic heterocycles. The minimum absolute atomic E-state index is 0.0390. The van der Waals surface area contributed by atoms with Crippen molar-refractivity contribution in [2.45, 2.75) is 20.8 Å². The van der Waals surface area contributed by atoms with E-state index < -0.39 is 0 Å². The molecule has 0 aliphatic rings. The van der Waals surface area contributed by atoms with E-state index in [1.807, 2.05) is 74.2 Å². The van der Waals surface area contributed by atoms with Crippen molar-refractivity contribution in [3.05, 3.63) is 59.7 Å². The van der Waals surface area contributed by atoms with Crippen molar-refractivity contribution < 1.29 is 9.53 Å². The van der Waals surface area contributed by atoms with Crippen molar-refractivity contribution in [3.63, 3.8) is 0 Å². The molecule has 3 rings (SSSR count). The number of aromatic nitrogens is 1. The molecule has 0 aliphatic carbocycles. The Hall–Kier alpha value is -2.88. The molecule has 0 N–H and O–H groups in total. The molecule has 1 heterocycles. The summed E-state index contributed by atoms with van der Waals surface area (Å²) >= 11 is 0. The molecule has 134 valence electrons. The molecule has 0 atom stereocenters. The number of hydrogen-bond acceptors (Lipinski definition) is 3. The van der Waals surface area contributed by atoms with Crippen LogP contribution in [0.4, 0.5) is 0 Å². The summed E-state index contributed by atoms with van der Waals surface area (Å²) in [6, 6.07) is 15.7. The van der Waals surface area contributed by atoms with Gasteiger partial charge in [-0.1, -0.05) is 23.8 Å². The van der Waals surface area contributed by atoms with Crippen LogP contribution in [-0.2, 0) is 0 Å². The third-order valence-corrected chi connectivity index (χ3v) is 4.61. The van der Waals surface area contributed by atoms with Gasteiger partial charge in [0.05, 0.1) is 23.9 Å². The van der Waals surface area contributed by atoms with Crippen molar-refractivity contribution in [2.24, 2.45) is 0 Å². The first-order valence-corrected chi connectivity index (χ1v) is 8.92. The van der Waals surface area contributed by atoms with Crippen LogP contribution in [0.25, 0.3) is 22.2 Å². The van der Waals surface area contributed by atoms with Crippen LogP contribution < -0.4 is 4.74 Å². The summed E-state index contributed by atoms with van der Waals surface area (Å²) in [7, 11) is 1.64. The monoisotopic (exact) mass is 348 g/mol. The number of aryl methyl sites for hydroxylation is 1. The van der Waals surface area contributed by atoms with Gasteiger partial charge in [0.1, 0.15) is 5.75 Å². The normalized spacial score (nSPS) is 10.8. The van der Waals surface area contributed by atoms with Gasteiger partial charge in [-0.15, -0.1) is 0 Å². The number of pyridine rings is 1. The second-order valence-corrected chi connectivity index (χ2v) is 6.29. The van der Waals surface area contributed by atoms with Crippen LogP contribution in [0, 0.1) is 6.92 Å². The third-order valence-electron chi connectivity index (χ3n) is 4.61. The Morgan fingerprint density at radius 2 is 1.85 bits per heavy atom. The zero-order chi connectivity index (χ0) is 18.7. The van der Waals surface area contributed by atoms with Gasteiger partial charge in [0.2, 0.25) is 0 Å². The van der Waals surface area contributed by atoms with Crippen LogP contribution in [0.5, 0.6) is 5.75 Å². The van der Waals surface area contributed by atoms with Gasteiger partial charge >= 0.3 is 0 Å². The van der Waals surface area contributed by atoms with Crippen molar-refractivity contribution in [3.8, 4) is 17.0 Å². The van der Waals surface area contributed by atoms with Crippen LogP contribution in [0.3, 0.4) is 0 Å². The number of rotatable bonds is 5. The smallest absolute Gasteiger partial charge is 0.254 e. The summed E-state index contributed by atoms with van der Waals surface area (Å²) < 4.78 is 5.33. The fraction of sp³-hybridized carbons (Fsp3) is 0.273. The van der Waals surface area contributed by atoms with Crippen molar-refractivity contribution in [1.82, 2.24) is 9.88 Å². The maximum Gasteiger partial charge on any atom is 0.254 e. The van der Waals surface area contributed by atoms with Gasteiger partial charge in [0.15, 0.2) is 0 Å². The molecule has 3 aromatic rings. The summed E-state index contributed by atoms with van der Waals surface area (Å²) in [5, 5.41) is 0.897. The highest BCUT2D eigenvalue weighted by Crippen LogP contribution is 2.28. The first kappa shape index (κ1) is 17.9. The zero-order valence-electron chi connectivity index (χ0n) is 15.7. The Balaban J connectivity index is 2.23. The Labute approximate surface area is 154 Å². The molecule has 0 bridgehead atoms. The van der Waals surface area contributed by atoms with Gasteiger partial charge < -0.3 is 9.64 Å². The molecule has 26 heavy (non-hydrogen) atoms. The van der Waals surface area contributed by atoms with Crippen molar-refractivity contribution in [1.29, 1.82) is 0 Å². The minimum atomic E-state index is 0.0390. The quantitative estimate of drug-likeness (QED) is 0.671. The number of hydrogen-bond donors (Lipinski definition) is 0. The van der Waals surface area contributed by atoms with E-state index >= 15 is 0 Å². The fourth-order valence-electron chi connectivity index (χ4n) is 3.13. The summed E-state index contributed by atoms with van der Waals surface area (Å²) in [4.78, 5) is 19.7. The minimum Gasteiger partial charge on any atom is -0.497 e. The van der Waals surface area contributed by atoms with E-state index in [1.54, 1.807) is 7.11 Å². The van der Waals surface area contributed by atoms with Gasteiger partial charge in [-0.2, -0.15) is 0 Å². The lowest BCUT2D eigenvalue weighted by Gasteiger charge is -2.20.